The van der Waals surface area contributed by atoms with Gasteiger partial charge in [-0.05, 0) is 79.0 Å². The van der Waals surface area contributed by atoms with Crippen LogP contribution >= 0.6 is 0 Å². The van der Waals surface area contributed by atoms with E-state index in [1.54, 1.807) is 0 Å². The number of hydrogen-bond donors (Lipinski definition) is 2. The highest BCUT2D eigenvalue weighted by atomic mass is 16.6. The zero-order valence-corrected chi connectivity index (χ0v) is 25.7. The van der Waals surface area contributed by atoms with Gasteiger partial charge in [0.1, 0.15) is 12.4 Å². The molecule has 0 saturated heterocycles. The molecule has 8 heteroatoms. The minimum absolute atomic E-state index is 0.105. The molecular formula is C34H47BN2O5. The summed E-state index contributed by atoms with van der Waals surface area (Å²) >= 11 is 0. The highest BCUT2D eigenvalue weighted by Crippen LogP contribution is 2.36. The van der Waals surface area contributed by atoms with Crippen molar-refractivity contribution in [2.45, 2.75) is 33.1 Å². The molecule has 0 spiro atoms. The molecular weight excluding hydrogens is 527 g/mol. The molecule has 0 heterocycles. The maximum Gasteiger partial charge on any atom is 0.593 e. The van der Waals surface area contributed by atoms with Gasteiger partial charge in [0.25, 0.3) is 0 Å². The summed E-state index contributed by atoms with van der Waals surface area (Å²) in [5.41, 5.74) is 6.84. The molecule has 3 aromatic rings. The van der Waals surface area contributed by atoms with Crippen molar-refractivity contribution in [2.75, 3.05) is 65.0 Å². The van der Waals surface area contributed by atoms with Crippen LogP contribution in [0.5, 0.6) is 5.75 Å². The second kappa shape index (κ2) is 18.4. The van der Waals surface area contributed by atoms with E-state index in [2.05, 4.69) is 84.2 Å². The second-order valence-corrected chi connectivity index (χ2v) is 10.3. The third kappa shape index (κ3) is 10.00. The molecule has 0 atom stereocenters. The zero-order valence-electron chi connectivity index (χ0n) is 25.7. The Morgan fingerprint density at radius 1 is 0.714 bits per heavy atom. The molecule has 0 fully saturated rings. The molecule has 0 aliphatic rings. The molecule has 0 aliphatic heterocycles. The average Bonchev–Trinajstić information content (AvgIpc) is 3.02. The van der Waals surface area contributed by atoms with Crippen LogP contribution in [-0.4, -0.2) is 82.6 Å². The molecule has 0 unspecified atom stereocenters. The summed E-state index contributed by atoms with van der Waals surface area (Å²) in [4.78, 5) is 4.16. The lowest BCUT2D eigenvalue weighted by Crippen LogP contribution is -2.46. The average molecular weight is 575 g/mol. The van der Waals surface area contributed by atoms with E-state index in [-0.39, 0.29) is 26.4 Å². The van der Waals surface area contributed by atoms with Crippen LogP contribution in [0.3, 0.4) is 0 Å². The van der Waals surface area contributed by atoms with Gasteiger partial charge in [-0.2, -0.15) is 0 Å². The lowest BCUT2D eigenvalue weighted by molar-refractivity contribution is 0.131. The van der Waals surface area contributed by atoms with Gasteiger partial charge in [0.15, 0.2) is 0 Å². The summed E-state index contributed by atoms with van der Waals surface area (Å²) in [5, 5.41) is 18.7. The van der Waals surface area contributed by atoms with E-state index in [1.165, 1.54) is 16.7 Å². The monoisotopic (exact) mass is 574 g/mol. The fourth-order valence-corrected chi connectivity index (χ4v) is 4.78. The second-order valence-electron chi connectivity index (χ2n) is 10.3. The molecule has 0 bridgehead atoms. The summed E-state index contributed by atoms with van der Waals surface area (Å²) in [5.74, 6) is 0.858. The van der Waals surface area contributed by atoms with Crippen molar-refractivity contribution in [3.8, 4) is 5.75 Å². The number of nitrogens with zero attached hydrogens (tertiary/aromatic N) is 2. The molecule has 3 aromatic carbocycles. The Balaban J connectivity index is 2.02. The molecule has 0 aromatic heterocycles. The standard InChI is InChI=1S/C34H47BN2O5/c1-5-7-21-37(35(41-26-23-38)42-27-24-39)31-17-13-29(14-18-31)34(33(6-2)28-11-9-8-10-12-28)30-15-19-32(20-16-30)40-25-22-36(3)4/h8-20,38-39H,5-7,21-27H2,1-4H3. The Morgan fingerprint density at radius 3 is 1.83 bits per heavy atom. The zero-order chi connectivity index (χ0) is 30.2. The van der Waals surface area contributed by atoms with E-state index in [1.807, 2.05) is 32.3 Å². The molecule has 0 saturated carbocycles. The van der Waals surface area contributed by atoms with Crippen LogP contribution in [0.15, 0.2) is 78.9 Å². The lowest BCUT2D eigenvalue weighted by atomic mass is 9.88. The Morgan fingerprint density at radius 2 is 1.31 bits per heavy atom. The van der Waals surface area contributed by atoms with Crippen LogP contribution in [0.2, 0.25) is 0 Å². The third-order valence-electron chi connectivity index (χ3n) is 6.93. The fraction of sp³-hybridized carbons (Fsp3) is 0.412. The lowest BCUT2D eigenvalue weighted by Gasteiger charge is -2.29. The number of hydrogen-bond acceptors (Lipinski definition) is 7. The van der Waals surface area contributed by atoms with Gasteiger partial charge < -0.3 is 34.0 Å². The Hall–Kier alpha value is -3.14. The summed E-state index contributed by atoms with van der Waals surface area (Å²) in [7, 11) is 3.38. The molecule has 7 nitrogen and oxygen atoms in total. The van der Waals surface area contributed by atoms with Crippen molar-refractivity contribution in [2.24, 2.45) is 0 Å². The smallest absolute Gasteiger partial charge is 0.492 e. The first-order valence-electron chi connectivity index (χ1n) is 15.0. The molecule has 42 heavy (non-hydrogen) atoms. The van der Waals surface area contributed by atoms with E-state index in [4.69, 9.17) is 14.0 Å². The van der Waals surface area contributed by atoms with Crippen LogP contribution in [0.4, 0.5) is 5.69 Å². The first kappa shape index (κ1) is 33.4. The summed E-state index contributed by atoms with van der Waals surface area (Å²) in [6.07, 6.45) is 2.84. The Labute approximate surface area is 252 Å². The van der Waals surface area contributed by atoms with Crippen molar-refractivity contribution in [3.63, 3.8) is 0 Å². The van der Waals surface area contributed by atoms with Crippen LogP contribution in [0.1, 0.15) is 49.8 Å². The Bertz CT molecular complexity index is 1180. The SMILES string of the molecule is CCCCN(B(OCCO)OCCO)c1ccc(C(=C(CC)c2ccccc2)c2ccc(OCCN(C)C)cc2)cc1. The molecule has 0 amide bonds. The predicted octanol–water partition coefficient (Wildman–Crippen LogP) is 5.61. The largest absolute Gasteiger partial charge is 0.593 e. The van der Waals surface area contributed by atoms with Crippen molar-refractivity contribution >= 4 is 24.1 Å². The number of likely N-dealkylation sites (N-methyl/N-ethyl adjacent to an activating group) is 1. The fourth-order valence-electron chi connectivity index (χ4n) is 4.78. The number of unbranched alkanes of at least 4 members (excludes halogenated alkanes) is 1. The van der Waals surface area contributed by atoms with Gasteiger partial charge in [0, 0.05) is 18.8 Å². The highest BCUT2D eigenvalue weighted by molar-refractivity contribution is 6.49. The number of allylic oxidation sites excluding steroid dienone is 1. The molecule has 0 aliphatic carbocycles. The van der Waals surface area contributed by atoms with Crippen LogP contribution < -0.4 is 9.55 Å². The maximum atomic E-state index is 9.36. The quantitative estimate of drug-likeness (QED) is 0.143. The van der Waals surface area contributed by atoms with Crippen molar-refractivity contribution in [1.29, 1.82) is 0 Å². The Kier molecular flexibility index (Phi) is 14.6. The highest BCUT2D eigenvalue weighted by Gasteiger charge is 2.29. The summed E-state index contributed by atoms with van der Waals surface area (Å²) < 4.78 is 17.6. The van der Waals surface area contributed by atoms with Gasteiger partial charge in [-0.25, -0.2) is 0 Å². The number of anilines is 1. The summed E-state index contributed by atoms with van der Waals surface area (Å²) in [6.45, 7) is 6.65. The van der Waals surface area contributed by atoms with Gasteiger partial charge in [-0.1, -0.05) is 74.9 Å². The first-order chi connectivity index (χ1) is 20.5. The number of aliphatic hydroxyl groups excluding tert-OH is 2. The van der Waals surface area contributed by atoms with Crippen molar-refractivity contribution < 1.29 is 24.3 Å². The third-order valence-corrected chi connectivity index (χ3v) is 6.93. The van der Waals surface area contributed by atoms with E-state index >= 15 is 0 Å². The van der Waals surface area contributed by atoms with E-state index in [0.717, 1.165) is 54.9 Å². The molecule has 226 valence electrons. The van der Waals surface area contributed by atoms with Gasteiger partial charge >= 0.3 is 7.25 Å². The van der Waals surface area contributed by atoms with Gasteiger partial charge in [-0.15, -0.1) is 0 Å². The van der Waals surface area contributed by atoms with Crippen LogP contribution in [0, 0.1) is 0 Å². The predicted molar refractivity (Wildman–Crippen MR) is 174 cm³/mol. The van der Waals surface area contributed by atoms with E-state index < -0.39 is 7.25 Å². The minimum atomic E-state index is -0.702. The van der Waals surface area contributed by atoms with Crippen molar-refractivity contribution in [1.82, 2.24) is 4.90 Å². The van der Waals surface area contributed by atoms with Gasteiger partial charge in [-0.3, -0.25) is 0 Å². The number of benzene rings is 3. The van der Waals surface area contributed by atoms with Crippen LogP contribution in [0.25, 0.3) is 11.1 Å². The first-order valence-corrected chi connectivity index (χ1v) is 15.0. The summed E-state index contributed by atoms with van der Waals surface area (Å²) in [6, 6.07) is 27.4. The molecule has 3 rings (SSSR count). The van der Waals surface area contributed by atoms with E-state index in [0.29, 0.717) is 6.61 Å². The minimum Gasteiger partial charge on any atom is -0.492 e. The van der Waals surface area contributed by atoms with Gasteiger partial charge in [0.05, 0.1) is 26.4 Å². The maximum absolute atomic E-state index is 9.36. The number of ether oxygens (including phenoxy) is 1. The van der Waals surface area contributed by atoms with Crippen molar-refractivity contribution in [3.05, 3.63) is 95.6 Å². The molecule has 2 N–H and O–H groups in total. The topological polar surface area (TPSA) is 74.6 Å². The normalized spacial score (nSPS) is 11.9. The van der Waals surface area contributed by atoms with E-state index in [9.17, 15) is 10.2 Å². The number of aliphatic hydroxyl groups is 2. The van der Waals surface area contributed by atoms with Crippen LogP contribution in [-0.2, 0) is 9.31 Å². The molecule has 0 radical (unpaired) electrons. The van der Waals surface area contributed by atoms with Gasteiger partial charge in [0.2, 0.25) is 0 Å². The number of rotatable bonds is 19.